The molecule has 1 aromatic rings. The monoisotopic (exact) mass is 195 g/mol. The molecule has 0 aliphatic carbocycles. The highest BCUT2D eigenvalue weighted by Gasteiger charge is 2.19. The standard InChI is InChI=1S/C8H9N3O3/c1-14-8-5(4-9)6(10)2-3-7(8)11(12)13/h2-4,9H,10H2,1H3. The lowest BCUT2D eigenvalue weighted by atomic mass is 10.1. The number of benzene rings is 1. The molecule has 0 spiro atoms. The van der Waals surface area contributed by atoms with Crippen LogP contribution >= 0.6 is 0 Å². The third-order valence-electron chi connectivity index (χ3n) is 1.75. The summed E-state index contributed by atoms with van der Waals surface area (Å²) >= 11 is 0. The van der Waals surface area contributed by atoms with Crippen LogP contribution in [0.3, 0.4) is 0 Å². The molecule has 0 bridgehead atoms. The van der Waals surface area contributed by atoms with Crippen molar-refractivity contribution in [3.05, 3.63) is 27.8 Å². The molecule has 6 heteroatoms. The molecule has 0 fully saturated rings. The number of nitro groups is 1. The summed E-state index contributed by atoms with van der Waals surface area (Å²) in [4.78, 5) is 9.99. The van der Waals surface area contributed by atoms with Crippen molar-refractivity contribution < 1.29 is 9.66 Å². The van der Waals surface area contributed by atoms with Crippen molar-refractivity contribution >= 4 is 17.6 Å². The first-order valence-corrected chi connectivity index (χ1v) is 3.73. The van der Waals surface area contributed by atoms with Gasteiger partial charge < -0.3 is 15.9 Å². The average Bonchev–Trinajstić information content (AvgIpc) is 2.16. The van der Waals surface area contributed by atoms with Crippen molar-refractivity contribution in [2.75, 3.05) is 12.8 Å². The van der Waals surface area contributed by atoms with E-state index in [9.17, 15) is 10.1 Å². The Hall–Kier alpha value is -2.11. The predicted octanol–water partition coefficient (Wildman–Crippen LogP) is 1.18. The number of hydrogen-bond donors (Lipinski definition) is 2. The maximum atomic E-state index is 10.6. The van der Waals surface area contributed by atoms with E-state index >= 15 is 0 Å². The van der Waals surface area contributed by atoms with Gasteiger partial charge in [0.15, 0.2) is 0 Å². The van der Waals surface area contributed by atoms with Gasteiger partial charge in [-0.1, -0.05) is 0 Å². The van der Waals surface area contributed by atoms with Gasteiger partial charge >= 0.3 is 5.69 Å². The molecule has 14 heavy (non-hydrogen) atoms. The Labute approximate surface area is 80.0 Å². The van der Waals surface area contributed by atoms with Crippen LogP contribution in [0.25, 0.3) is 0 Å². The highest BCUT2D eigenvalue weighted by Crippen LogP contribution is 2.33. The van der Waals surface area contributed by atoms with Gasteiger partial charge in [-0.2, -0.15) is 0 Å². The molecule has 0 atom stereocenters. The van der Waals surface area contributed by atoms with Gasteiger partial charge in [0.05, 0.1) is 17.6 Å². The lowest BCUT2D eigenvalue weighted by molar-refractivity contribution is -0.385. The van der Waals surface area contributed by atoms with Crippen LogP contribution in [0.2, 0.25) is 0 Å². The van der Waals surface area contributed by atoms with E-state index in [2.05, 4.69) is 0 Å². The Balaban J connectivity index is 3.48. The van der Waals surface area contributed by atoms with Crippen molar-refractivity contribution in [3.63, 3.8) is 0 Å². The van der Waals surface area contributed by atoms with Gasteiger partial charge in [0.1, 0.15) is 0 Å². The fourth-order valence-corrected chi connectivity index (χ4v) is 1.11. The van der Waals surface area contributed by atoms with Crippen molar-refractivity contribution in [2.45, 2.75) is 0 Å². The molecule has 1 rings (SSSR count). The average molecular weight is 195 g/mol. The third kappa shape index (κ3) is 1.49. The van der Waals surface area contributed by atoms with Gasteiger partial charge in [-0.05, 0) is 6.07 Å². The van der Waals surface area contributed by atoms with E-state index < -0.39 is 4.92 Å². The summed E-state index contributed by atoms with van der Waals surface area (Å²) in [5.41, 5.74) is 5.83. The number of nitrogens with zero attached hydrogens (tertiary/aromatic N) is 1. The third-order valence-corrected chi connectivity index (χ3v) is 1.75. The molecule has 74 valence electrons. The van der Waals surface area contributed by atoms with Crippen LogP contribution in [0.15, 0.2) is 12.1 Å². The van der Waals surface area contributed by atoms with Crippen molar-refractivity contribution in [3.8, 4) is 5.75 Å². The largest absolute Gasteiger partial charge is 0.490 e. The second kappa shape index (κ2) is 3.73. The second-order valence-corrected chi connectivity index (χ2v) is 2.52. The number of nitrogens with one attached hydrogen (secondary N) is 1. The minimum Gasteiger partial charge on any atom is -0.490 e. The van der Waals surface area contributed by atoms with E-state index in [0.717, 1.165) is 6.21 Å². The minimum absolute atomic E-state index is 0.0185. The van der Waals surface area contributed by atoms with E-state index in [1.54, 1.807) is 0 Å². The van der Waals surface area contributed by atoms with Crippen LogP contribution in [0.5, 0.6) is 5.75 Å². The molecule has 0 saturated heterocycles. The molecule has 0 radical (unpaired) electrons. The summed E-state index contributed by atoms with van der Waals surface area (Å²) in [7, 11) is 1.30. The molecule has 0 saturated carbocycles. The van der Waals surface area contributed by atoms with Crippen LogP contribution in [0.4, 0.5) is 11.4 Å². The lowest BCUT2D eigenvalue weighted by Crippen LogP contribution is -2.01. The van der Waals surface area contributed by atoms with E-state index in [4.69, 9.17) is 15.9 Å². The van der Waals surface area contributed by atoms with Gasteiger partial charge in [-0.25, -0.2) is 0 Å². The SMILES string of the molecule is COc1c([N+](=O)[O-])ccc(N)c1C=N. The van der Waals surface area contributed by atoms with Crippen LogP contribution in [0, 0.1) is 15.5 Å². The summed E-state index contributed by atoms with van der Waals surface area (Å²) in [5.74, 6) is 0.0185. The zero-order valence-electron chi connectivity index (χ0n) is 7.48. The molecular formula is C8H9N3O3. The number of hydrogen-bond acceptors (Lipinski definition) is 5. The Bertz CT molecular complexity index is 390. The molecule has 0 amide bonds. The molecule has 0 aliphatic heterocycles. The van der Waals surface area contributed by atoms with Gasteiger partial charge in [0.25, 0.3) is 0 Å². The highest BCUT2D eigenvalue weighted by atomic mass is 16.6. The van der Waals surface area contributed by atoms with E-state index in [1.165, 1.54) is 19.2 Å². The lowest BCUT2D eigenvalue weighted by Gasteiger charge is -2.06. The van der Waals surface area contributed by atoms with E-state index in [1.807, 2.05) is 0 Å². The molecular weight excluding hydrogens is 186 g/mol. The van der Waals surface area contributed by atoms with Crippen molar-refractivity contribution in [2.24, 2.45) is 0 Å². The smallest absolute Gasteiger partial charge is 0.311 e. The van der Waals surface area contributed by atoms with Crippen LogP contribution < -0.4 is 10.5 Å². The maximum absolute atomic E-state index is 10.6. The molecule has 3 N–H and O–H groups in total. The van der Waals surface area contributed by atoms with Crippen LogP contribution in [0.1, 0.15) is 5.56 Å². The first-order valence-electron chi connectivity index (χ1n) is 3.73. The van der Waals surface area contributed by atoms with Gasteiger partial charge in [0, 0.05) is 18.0 Å². The topological polar surface area (TPSA) is 102 Å². The zero-order chi connectivity index (χ0) is 10.7. The first-order chi connectivity index (χ1) is 6.61. The Morgan fingerprint density at radius 1 is 1.64 bits per heavy atom. The van der Waals surface area contributed by atoms with E-state index in [-0.39, 0.29) is 22.7 Å². The Morgan fingerprint density at radius 3 is 2.71 bits per heavy atom. The molecule has 0 aliphatic rings. The molecule has 6 nitrogen and oxygen atoms in total. The highest BCUT2D eigenvalue weighted by molar-refractivity contribution is 5.91. The molecule has 0 heterocycles. The van der Waals surface area contributed by atoms with Gasteiger partial charge in [-0.15, -0.1) is 0 Å². The predicted molar refractivity (Wildman–Crippen MR) is 51.9 cm³/mol. The van der Waals surface area contributed by atoms with Crippen molar-refractivity contribution in [1.29, 1.82) is 5.41 Å². The molecule has 1 aromatic carbocycles. The number of nitro benzene ring substituents is 1. The number of rotatable bonds is 3. The summed E-state index contributed by atoms with van der Waals surface area (Å²) in [5, 5.41) is 17.6. The number of ether oxygens (including phenoxy) is 1. The summed E-state index contributed by atoms with van der Waals surface area (Å²) < 4.78 is 4.84. The van der Waals surface area contributed by atoms with E-state index in [0.29, 0.717) is 0 Å². The maximum Gasteiger partial charge on any atom is 0.311 e. The Kier molecular flexibility index (Phi) is 2.66. The van der Waals surface area contributed by atoms with Gasteiger partial charge in [-0.3, -0.25) is 10.1 Å². The van der Waals surface area contributed by atoms with Crippen LogP contribution in [-0.4, -0.2) is 18.2 Å². The second-order valence-electron chi connectivity index (χ2n) is 2.52. The molecule has 0 aromatic heterocycles. The number of nitrogen functional groups attached to an aromatic ring is 1. The quantitative estimate of drug-likeness (QED) is 0.327. The number of methoxy groups -OCH3 is 1. The summed E-state index contributed by atoms with van der Waals surface area (Å²) in [6.45, 7) is 0. The fourth-order valence-electron chi connectivity index (χ4n) is 1.11. The van der Waals surface area contributed by atoms with Crippen LogP contribution in [-0.2, 0) is 0 Å². The number of anilines is 1. The summed E-state index contributed by atoms with van der Waals surface area (Å²) in [6.07, 6.45) is 0.932. The normalized spacial score (nSPS) is 9.50. The summed E-state index contributed by atoms with van der Waals surface area (Å²) in [6, 6.07) is 2.63. The first kappa shape index (κ1) is 9.97. The number of nitrogens with two attached hydrogens (primary N) is 1. The van der Waals surface area contributed by atoms with Gasteiger partial charge in [0.2, 0.25) is 5.75 Å². The zero-order valence-corrected chi connectivity index (χ0v) is 7.48. The Morgan fingerprint density at radius 2 is 2.29 bits per heavy atom. The fraction of sp³-hybridized carbons (Fsp3) is 0.125. The molecule has 0 unspecified atom stereocenters. The minimum atomic E-state index is -0.578. The van der Waals surface area contributed by atoms with Crippen molar-refractivity contribution in [1.82, 2.24) is 0 Å².